The van der Waals surface area contributed by atoms with E-state index in [9.17, 15) is 5.11 Å². The first-order chi connectivity index (χ1) is 11.6. The lowest BCUT2D eigenvalue weighted by atomic mass is 10.2. The number of ether oxygens (including phenoxy) is 1. The van der Waals surface area contributed by atoms with E-state index in [4.69, 9.17) is 4.74 Å². The molecule has 0 aliphatic carbocycles. The molecule has 1 N–H and O–H groups in total. The number of hydrogen-bond acceptors (Lipinski definition) is 2. The van der Waals surface area contributed by atoms with Crippen molar-refractivity contribution in [1.29, 1.82) is 0 Å². The molecule has 5 heteroatoms. The minimum absolute atomic E-state index is 0. The number of hydrogen-bond donors (Lipinski definition) is 1. The molecule has 25 heavy (non-hydrogen) atoms. The Hall–Kier alpha value is -1.60. The molecule has 2 aromatic carbocycles. The summed E-state index contributed by atoms with van der Waals surface area (Å²) in [6, 6.07) is 16.2. The summed E-state index contributed by atoms with van der Waals surface area (Å²) in [6.07, 6.45) is 0.350. The van der Waals surface area contributed by atoms with Crippen LogP contribution in [0.3, 0.4) is 0 Å². The van der Waals surface area contributed by atoms with E-state index in [2.05, 4.69) is 35.2 Å². The van der Waals surface area contributed by atoms with E-state index in [1.54, 1.807) is 0 Å². The molecule has 1 atom stereocenters. The molecule has 3 aromatic rings. The first-order valence-corrected chi connectivity index (χ1v) is 8.43. The summed E-state index contributed by atoms with van der Waals surface area (Å²) >= 11 is 0. The van der Waals surface area contributed by atoms with Gasteiger partial charge in [-0.25, -0.2) is 9.13 Å². The highest BCUT2D eigenvalue weighted by molar-refractivity contribution is 5.72. The average Bonchev–Trinajstić information content (AvgIpc) is 2.85. The second-order valence-electron chi connectivity index (χ2n) is 6.21. The molecule has 0 saturated heterocycles. The Bertz CT molecular complexity index is 845. The van der Waals surface area contributed by atoms with Gasteiger partial charge in [0.05, 0.1) is 7.05 Å². The van der Waals surface area contributed by atoms with Crippen LogP contribution in [0.5, 0.6) is 5.75 Å². The number of nitrogens with zero attached hydrogens (tertiary/aromatic N) is 2. The predicted octanol–water partition coefficient (Wildman–Crippen LogP) is -0.219. The minimum atomic E-state index is -0.563. The van der Waals surface area contributed by atoms with Gasteiger partial charge in [0.25, 0.3) is 5.82 Å². The van der Waals surface area contributed by atoms with Gasteiger partial charge in [-0.3, -0.25) is 0 Å². The molecule has 1 aromatic heterocycles. The topological polar surface area (TPSA) is 38.3 Å². The van der Waals surface area contributed by atoms with Crippen molar-refractivity contribution in [1.82, 2.24) is 4.57 Å². The van der Waals surface area contributed by atoms with Gasteiger partial charge in [0.2, 0.25) is 0 Å². The van der Waals surface area contributed by atoms with E-state index in [0.717, 1.165) is 23.3 Å². The number of benzene rings is 2. The molecule has 1 unspecified atom stereocenters. The Morgan fingerprint density at radius 1 is 1.16 bits per heavy atom. The van der Waals surface area contributed by atoms with Crippen LogP contribution in [0.15, 0.2) is 48.5 Å². The van der Waals surface area contributed by atoms with Gasteiger partial charge in [0.15, 0.2) is 11.0 Å². The fourth-order valence-electron chi connectivity index (χ4n) is 3.23. The van der Waals surface area contributed by atoms with Crippen LogP contribution in [-0.2, 0) is 20.0 Å². The Morgan fingerprint density at radius 3 is 2.64 bits per heavy atom. The summed E-state index contributed by atoms with van der Waals surface area (Å²) in [4.78, 5) is 0. The van der Waals surface area contributed by atoms with Crippen LogP contribution >= 0.6 is 0 Å². The molecule has 3 rings (SSSR count). The van der Waals surface area contributed by atoms with Crippen molar-refractivity contribution in [3.05, 3.63) is 59.9 Å². The van der Waals surface area contributed by atoms with Crippen LogP contribution in [0, 0.1) is 6.92 Å². The van der Waals surface area contributed by atoms with Gasteiger partial charge >= 0.3 is 0 Å². The van der Waals surface area contributed by atoms with Crippen molar-refractivity contribution in [3.63, 3.8) is 0 Å². The first kappa shape index (κ1) is 19.7. The molecule has 0 saturated carbocycles. The van der Waals surface area contributed by atoms with Gasteiger partial charge < -0.3 is 33.8 Å². The van der Waals surface area contributed by atoms with E-state index in [1.165, 1.54) is 11.3 Å². The first-order valence-electron chi connectivity index (χ1n) is 8.43. The number of para-hydroxylation sites is 2. The Balaban J connectivity index is 0.00000225. The third-order valence-electron chi connectivity index (χ3n) is 4.37. The van der Waals surface area contributed by atoms with Gasteiger partial charge in [-0.1, -0.05) is 31.2 Å². The fourth-order valence-corrected chi connectivity index (χ4v) is 3.23. The highest BCUT2D eigenvalue weighted by Gasteiger charge is 2.23. The molecule has 4 nitrogen and oxygen atoms in total. The standard InChI is InChI=1S/C20H25N2O2.HI/c1-4-20-21(3)18-10-5-6-11-19(18)22(20)13-16(23)14-24-17-9-7-8-15(2)12-17;/h5-12,16,23H,4,13-14H2,1-3H3;1H/q+1;/p-1. The normalized spacial score (nSPS) is 12.0. The zero-order chi connectivity index (χ0) is 17.1. The summed E-state index contributed by atoms with van der Waals surface area (Å²) in [6.45, 7) is 4.97. The molecule has 0 spiro atoms. The molecular weight excluding hydrogens is 427 g/mol. The summed E-state index contributed by atoms with van der Waals surface area (Å²) in [5.41, 5.74) is 3.48. The van der Waals surface area contributed by atoms with Crippen LogP contribution in [0.1, 0.15) is 18.3 Å². The zero-order valence-corrected chi connectivity index (χ0v) is 17.1. The van der Waals surface area contributed by atoms with Crippen molar-refractivity contribution in [2.75, 3.05) is 6.61 Å². The summed E-state index contributed by atoms with van der Waals surface area (Å²) in [5.74, 6) is 2.00. The molecule has 1 heterocycles. The van der Waals surface area contributed by atoms with Gasteiger partial charge in [0.1, 0.15) is 25.0 Å². The molecule has 0 aliphatic rings. The zero-order valence-electron chi connectivity index (χ0n) is 14.9. The van der Waals surface area contributed by atoms with Crippen LogP contribution in [-0.4, -0.2) is 22.4 Å². The highest BCUT2D eigenvalue weighted by Crippen LogP contribution is 2.16. The maximum absolute atomic E-state index is 10.5. The van der Waals surface area contributed by atoms with Crippen molar-refractivity contribution in [2.24, 2.45) is 7.05 Å². The quantitative estimate of drug-likeness (QED) is 0.415. The molecule has 0 amide bonds. The Kier molecular flexibility index (Phi) is 6.84. The smallest absolute Gasteiger partial charge is 0.256 e. The van der Waals surface area contributed by atoms with Gasteiger partial charge in [-0.2, -0.15) is 0 Å². The second-order valence-corrected chi connectivity index (χ2v) is 6.21. The number of halogens is 1. The highest BCUT2D eigenvalue weighted by atomic mass is 127. The number of fused-ring (bicyclic) bond motifs is 1. The van der Waals surface area contributed by atoms with Crippen LogP contribution in [0.25, 0.3) is 11.0 Å². The lowest BCUT2D eigenvalue weighted by Crippen LogP contribution is -3.00. The summed E-state index contributed by atoms with van der Waals surface area (Å²) in [7, 11) is 2.08. The van der Waals surface area contributed by atoms with Gasteiger partial charge in [0, 0.05) is 6.42 Å². The van der Waals surface area contributed by atoms with Crippen molar-refractivity contribution < 1.29 is 38.4 Å². The van der Waals surface area contributed by atoms with E-state index in [1.807, 2.05) is 43.3 Å². The number of rotatable bonds is 6. The molecular formula is C20H25IN2O2. The largest absolute Gasteiger partial charge is 1.00 e. The van der Waals surface area contributed by atoms with Crippen molar-refractivity contribution in [2.45, 2.75) is 32.9 Å². The lowest BCUT2D eigenvalue weighted by Gasteiger charge is -2.12. The van der Waals surface area contributed by atoms with E-state index in [0.29, 0.717) is 6.54 Å². The van der Waals surface area contributed by atoms with Crippen LogP contribution in [0.4, 0.5) is 0 Å². The van der Waals surface area contributed by atoms with Crippen LogP contribution in [0.2, 0.25) is 0 Å². The van der Waals surface area contributed by atoms with Gasteiger partial charge in [-0.05, 0) is 36.8 Å². The van der Waals surface area contributed by atoms with Crippen molar-refractivity contribution >= 4 is 11.0 Å². The second kappa shape index (κ2) is 8.67. The molecule has 0 bridgehead atoms. The molecule has 0 aliphatic heterocycles. The number of aromatic nitrogens is 2. The van der Waals surface area contributed by atoms with E-state index in [-0.39, 0.29) is 30.6 Å². The average molecular weight is 452 g/mol. The third-order valence-corrected chi connectivity index (χ3v) is 4.37. The monoisotopic (exact) mass is 452 g/mol. The van der Waals surface area contributed by atoms with E-state index < -0.39 is 6.10 Å². The molecule has 134 valence electrons. The van der Waals surface area contributed by atoms with Crippen LogP contribution < -0.4 is 33.3 Å². The molecule has 0 radical (unpaired) electrons. The minimum Gasteiger partial charge on any atom is -1.00 e. The summed E-state index contributed by atoms with van der Waals surface area (Å²) < 4.78 is 10.1. The summed E-state index contributed by atoms with van der Waals surface area (Å²) in [5, 5.41) is 10.5. The SMILES string of the molecule is CCc1n(CC(O)COc2cccc(C)c2)c2ccccc2[n+]1C.[I-]. The number of aliphatic hydroxyl groups excluding tert-OH is 1. The van der Waals surface area contributed by atoms with Crippen molar-refractivity contribution in [3.8, 4) is 5.75 Å². The Labute approximate surface area is 166 Å². The predicted molar refractivity (Wildman–Crippen MR) is 95.2 cm³/mol. The van der Waals surface area contributed by atoms with E-state index >= 15 is 0 Å². The maximum atomic E-state index is 10.5. The number of aliphatic hydroxyl groups is 1. The number of imidazole rings is 1. The fraction of sp³-hybridized carbons (Fsp3) is 0.350. The Morgan fingerprint density at radius 2 is 1.92 bits per heavy atom. The lowest BCUT2D eigenvalue weighted by molar-refractivity contribution is -0.653. The maximum Gasteiger partial charge on any atom is 0.256 e. The third kappa shape index (κ3) is 4.33. The number of aryl methyl sites for hydroxylation is 2. The van der Waals surface area contributed by atoms with Gasteiger partial charge in [-0.15, -0.1) is 0 Å². The molecule has 0 fully saturated rings.